The Balaban J connectivity index is 2.58. The molecule has 15 heavy (non-hydrogen) atoms. The Labute approximate surface area is 95.1 Å². The first-order valence-electron chi connectivity index (χ1n) is 4.20. The predicted molar refractivity (Wildman–Crippen MR) is 60.1 cm³/mol. The number of hydrogen-bond acceptors (Lipinski definition) is 2. The van der Waals surface area contributed by atoms with Crippen LogP contribution >= 0.6 is 22.9 Å². The lowest BCUT2D eigenvalue weighted by atomic mass is 10.1. The van der Waals surface area contributed by atoms with Crippen LogP contribution in [0.15, 0.2) is 29.6 Å². The number of aldehydes is 1. The lowest BCUT2D eigenvalue weighted by Crippen LogP contribution is -1.82. The quantitative estimate of drug-likeness (QED) is 0.725. The molecule has 1 heterocycles. The predicted octanol–water partition coefficient (Wildman–Crippen LogP) is 4.02. The number of thiophene rings is 1. The largest absolute Gasteiger partial charge is 0.298 e. The molecule has 0 spiro atoms. The maximum Gasteiger partial charge on any atom is 0.151 e. The number of rotatable bonds is 2. The molecule has 0 aliphatic heterocycles. The standard InChI is InChI=1S/C11H6ClFOS/c12-9-3-8(4-10(13)5-9)11-7(6-14)1-2-15-11/h1-6H. The fraction of sp³-hybridized carbons (Fsp3) is 0. The van der Waals surface area contributed by atoms with Gasteiger partial charge in [0, 0.05) is 15.5 Å². The Kier molecular flexibility index (Phi) is 2.84. The number of benzene rings is 1. The van der Waals surface area contributed by atoms with E-state index in [0.29, 0.717) is 16.1 Å². The summed E-state index contributed by atoms with van der Waals surface area (Å²) in [4.78, 5) is 11.5. The molecule has 0 radical (unpaired) electrons. The zero-order valence-electron chi connectivity index (χ0n) is 7.54. The van der Waals surface area contributed by atoms with Gasteiger partial charge in [0.1, 0.15) is 5.82 Å². The fourth-order valence-corrected chi connectivity index (χ4v) is 2.41. The van der Waals surface area contributed by atoms with E-state index in [2.05, 4.69) is 0 Å². The normalized spacial score (nSPS) is 10.3. The van der Waals surface area contributed by atoms with Crippen LogP contribution in [0, 0.1) is 5.82 Å². The van der Waals surface area contributed by atoms with Crippen molar-refractivity contribution in [3.63, 3.8) is 0 Å². The molecule has 1 nitrogen and oxygen atoms in total. The van der Waals surface area contributed by atoms with Crippen molar-refractivity contribution in [1.82, 2.24) is 0 Å². The van der Waals surface area contributed by atoms with E-state index in [1.54, 1.807) is 17.5 Å². The van der Waals surface area contributed by atoms with Crippen LogP contribution in [-0.4, -0.2) is 6.29 Å². The molecule has 0 saturated heterocycles. The maximum atomic E-state index is 13.1. The first-order chi connectivity index (χ1) is 7.20. The van der Waals surface area contributed by atoms with E-state index in [-0.39, 0.29) is 0 Å². The molecule has 0 aliphatic rings. The second-order valence-electron chi connectivity index (χ2n) is 2.98. The molecule has 1 aromatic carbocycles. The summed E-state index contributed by atoms with van der Waals surface area (Å²) >= 11 is 7.13. The van der Waals surface area contributed by atoms with Gasteiger partial charge in [-0.3, -0.25) is 4.79 Å². The van der Waals surface area contributed by atoms with Crippen LogP contribution < -0.4 is 0 Å². The summed E-state index contributed by atoms with van der Waals surface area (Å²) < 4.78 is 13.1. The summed E-state index contributed by atoms with van der Waals surface area (Å²) in [5, 5.41) is 2.12. The molecule has 0 unspecified atom stereocenters. The van der Waals surface area contributed by atoms with Gasteiger partial charge in [0.2, 0.25) is 0 Å². The minimum atomic E-state index is -0.400. The van der Waals surface area contributed by atoms with E-state index in [1.807, 2.05) is 0 Å². The van der Waals surface area contributed by atoms with E-state index in [1.165, 1.54) is 23.5 Å². The molecule has 2 rings (SSSR count). The van der Waals surface area contributed by atoms with Crippen LogP contribution in [0.25, 0.3) is 10.4 Å². The van der Waals surface area contributed by atoms with Crippen molar-refractivity contribution < 1.29 is 9.18 Å². The van der Waals surface area contributed by atoms with Crippen molar-refractivity contribution in [2.24, 2.45) is 0 Å². The van der Waals surface area contributed by atoms with Crippen molar-refractivity contribution in [3.8, 4) is 10.4 Å². The smallest absolute Gasteiger partial charge is 0.151 e. The number of carbonyl (C=O) groups is 1. The molecule has 0 fully saturated rings. The minimum absolute atomic E-state index is 0.329. The first kappa shape index (κ1) is 10.3. The van der Waals surface area contributed by atoms with E-state index in [4.69, 9.17) is 11.6 Å². The van der Waals surface area contributed by atoms with Crippen LogP contribution in [0.1, 0.15) is 10.4 Å². The number of halogens is 2. The van der Waals surface area contributed by atoms with Crippen molar-refractivity contribution >= 4 is 29.2 Å². The summed E-state index contributed by atoms with van der Waals surface area (Å²) in [5.41, 5.74) is 1.19. The molecule has 2 aromatic rings. The van der Waals surface area contributed by atoms with Gasteiger partial charge in [-0.25, -0.2) is 4.39 Å². The highest BCUT2D eigenvalue weighted by atomic mass is 35.5. The summed E-state index contributed by atoms with van der Waals surface area (Å²) in [6, 6.07) is 5.94. The highest BCUT2D eigenvalue weighted by molar-refractivity contribution is 7.14. The van der Waals surface area contributed by atoms with E-state index < -0.39 is 5.82 Å². The molecule has 76 valence electrons. The van der Waals surface area contributed by atoms with Crippen LogP contribution in [0.5, 0.6) is 0 Å². The van der Waals surface area contributed by atoms with Crippen LogP contribution in [0.4, 0.5) is 4.39 Å². The van der Waals surface area contributed by atoms with Gasteiger partial charge in [0.05, 0.1) is 0 Å². The summed E-state index contributed by atoms with van der Waals surface area (Å²) in [7, 11) is 0. The molecule has 0 atom stereocenters. The second-order valence-corrected chi connectivity index (χ2v) is 4.33. The Morgan fingerprint density at radius 3 is 2.80 bits per heavy atom. The highest BCUT2D eigenvalue weighted by Crippen LogP contribution is 2.30. The van der Waals surface area contributed by atoms with E-state index in [0.717, 1.165) is 11.2 Å². The number of hydrogen-bond donors (Lipinski definition) is 0. The molecular formula is C11H6ClFOS. The third-order valence-corrected chi connectivity index (χ3v) is 3.14. The minimum Gasteiger partial charge on any atom is -0.298 e. The molecule has 1 aromatic heterocycles. The second kappa shape index (κ2) is 4.13. The zero-order chi connectivity index (χ0) is 10.8. The van der Waals surface area contributed by atoms with Gasteiger partial charge in [0.15, 0.2) is 6.29 Å². The lowest BCUT2D eigenvalue weighted by molar-refractivity contribution is 0.112. The zero-order valence-corrected chi connectivity index (χ0v) is 9.11. The summed E-state index contributed by atoms with van der Waals surface area (Å²) in [6.07, 6.45) is 0.755. The SMILES string of the molecule is O=Cc1ccsc1-c1cc(F)cc(Cl)c1. The van der Waals surface area contributed by atoms with Crippen LogP contribution in [-0.2, 0) is 0 Å². The maximum absolute atomic E-state index is 13.1. The van der Waals surface area contributed by atoms with Gasteiger partial charge >= 0.3 is 0 Å². The van der Waals surface area contributed by atoms with Gasteiger partial charge < -0.3 is 0 Å². The number of carbonyl (C=O) groups excluding carboxylic acids is 1. The molecule has 0 bridgehead atoms. The average Bonchev–Trinajstić information content (AvgIpc) is 2.63. The summed E-state index contributed by atoms with van der Waals surface area (Å²) in [5.74, 6) is -0.400. The van der Waals surface area contributed by atoms with E-state index in [9.17, 15) is 9.18 Å². The monoisotopic (exact) mass is 240 g/mol. The highest BCUT2D eigenvalue weighted by Gasteiger charge is 2.08. The Morgan fingerprint density at radius 1 is 1.33 bits per heavy atom. The third kappa shape index (κ3) is 2.08. The van der Waals surface area contributed by atoms with Crippen LogP contribution in [0.2, 0.25) is 5.02 Å². The lowest BCUT2D eigenvalue weighted by Gasteiger charge is -2.00. The van der Waals surface area contributed by atoms with Crippen molar-refractivity contribution in [2.75, 3.05) is 0 Å². The van der Waals surface area contributed by atoms with E-state index >= 15 is 0 Å². The molecule has 0 amide bonds. The van der Waals surface area contributed by atoms with Gasteiger partial charge in [0.25, 0.3) is 0 Å². The first-order valence-corrected chi connectivity index (χ1v) is 5.45. The Morgan fingerprint density at radius 2 is 2.13 bits per heavy atom. The Hall–Kier alpha value is -1.19. The topological polar surface area (TPSA) is 17.1 Å². The molecule has 0 saturated carbocycles. The fourth-order valence-electron chi connectivity index (χ4n) is 1.33. The molecule has 4 heteroatoms. The molecular weight excluding hydrogens is 235 g/mol. The molecule has 0 aliphatic carbocycles. The van der Waals surface area contributed by atoms with Crippen molar-refractivity contribution in [1.29, 1.82) is 0 Å². The molecule has 0 N–H and O–H groups in total. The van der Waals surface area contributed by atoms with Gasteiger partial charge in [-0.05, 0) is 35.2 Å². The van der Waals surface area contributed by atoms with Crippen molar-refractivity contribution in [3.05, 3.63) is 46.0 Å². The van der Waals surface area contributed by atoms with Crippen molar-refractivity contribution in [2.45, 2.75) is 0 Å². The third-order valence-electron chi connectivity index (χ3n) is 1.95. The van der Waals surface area contributed by atoms with Gasteiger partial charge in [-0.1, -0.05) is 11.6 Å². The van der Waals surface area contributed by atoms with Gasteiger partial charge in [-0.2, -0.15) is 0 Å². The summed E-state index contributed by atoms with van der Waals surface area (Å²) in [6.45, 7) is 0. The average molecular weight is 241 g/mol. The Bertz CT molecular complexity index is 487. The van der Waals surface area contributed by atoms with Gasteiger partial charge in [-0.15, -0.1) is 11.3 Å². The van der Waals surface area contributed by atoms with Crippen LogP contribution in [0.3, 0.4) is 0 Å².